The minimum atomic E-state index is 0.0706. The number of likely N-dealkylation sites (tertiary alicyclic amines) is 1. The quantitative estimate of drug-likeness (QED) is 0.481. The number of carbonyl (C=O) groups excluding carboxylic acids is 2. The van der Waals surface area contributed by atoms with Gasteiger partial charge in [0, 0.05) is 50.1 Å². The van der Waals surface area contributed by atoms with E-state index in [1.807, 2.05) is 29.2 Å². The van der Waals surface area contributed by atoms with Gasteiger partial charge in [-0.3, -0.25) is 14.5 Å². The number of carbonyl (C=O) groups is 2. The number of hydrogen-bond donors (Lipinski definition) is 2. The maximum atomic E-state index is 13.1. The van der Waals surface area contributed by atoms with Gasteiger partial charge in [-0.2, -0.15) is 0 Å². The van der Waals surface area contributed by atoms with Crippen LogP contribution in [0, 0.1) is 0 Å². The van der Waals surface area contributed by atoms with Gasteiger partial charge in [0.2, 0.25) is 11.8 Å². The van der Waals surface area contributed by atoms with Crippen molar-refractivity contribution in [3.8, 4) is 5.75 Å². The lowest BCUT2D eigenvalue weighted by molar-refractivity contribution is -0.132. The number of H-pyrrole nitrogens is 1. The molecule has 40 heavy (non-hydrogen) atoms. The number of amides is 2. The lowest BCUT2D eigenvalue weighted by Gasteiger charge is -2.31. The highest BCUT2D eigenvalue weighted by molar-refractivity contribution is 5.78. The first kappa shape index (κ1) is 28.1. The normalized spacial score (nSPS) is 18.4. The largest absolute Gasteiger partial charge is 0.493 e. The molecule has 0 bridgehead atoms. The maximum absolute atomic E-state index is 13.1. The fourth-order valence-electron chi connectivity index (χ4n) is 5.72. The number of fused-ring (bicyclic) bond motifs is 2. The molecule has 0 saturated carbocycles. The zero-order chi connectivity index (χ0) is 27.9. The van der Waals surface area contributed by atoms with Crippen molar-refractivity contribution in [2.45, 2.75) is 77.3 Å². The average molecular weight is 546 g/mol. The van der Waals surface area contributed by atoms with Crippen LogP contribution in [0.3, 0.4) is 0 Å². The first-order valence-corrected chi connectivity index (χ1v) is 14.9. The monoisotopic (exact) mass is 545 g/mol. The van der Waals surface area contributed by atoms with Gasteiger partial charge < -0.3 is 19.9 Å². The number of rotatable bonds is 5. The number of aryl methyl sites for hydroxylation is 1. The third kappa shape index (κ3) is 7.22. The van der Waals surface area contributed by atoms with Crippen LogP contribution in [0.15, 0.2) is 42.5 Å². The predicted molar refractivity (Wildman–Crippen MR) is 157 cm³/mol. The molecule has 1 saturated heterocycles. The Morgan fingerprint density at radius 2 is 1.90 bits per heavy atom. The highest BCUT2D eigenvalue weighted by Crippen LogP contribution is 2.29. The second kappa shape index (κ2) is 13.3. The third-order valence-corrected chi connectivity index (χ3v) is 8.25. The van der Waals surface area contributed by atoms with Crippen molar-refractivity contribution in [1.82, 2.24) is 25.1 Å². The standard InChI is InChI=1S/C32H43N5O3/c1-23(2)37-21-26-20-24(10-12-29(26)40-19-7-3-6-16-33-30(38)22-37)11-13-31(39)36-17-14-25(15-18-36)32-34-27-8-4-5-9-28(27)35-32/h4-5,8-10,12,20,23,25H,3,6-7,11,13-19,21-22H2,1-2H3,(H,33,38)(H,34,35). The third-order valence-electron chi connectivity index (χ3n) is 8.25. The zero-order valence-corrected chi connectivity index (χ0v) is 24.0. The van der Waals surface area contributed by atoms with Crippen LogP contribution in [0.4, 0.5) is 0 Å². The summed E-state index contributed by atoms with van der Waals surface area (Å²) in [5.74, 6) is 2.57. The summed E-state index contributed by atoms with van der Waals surface area (Å²) in [5, 5.41) is 3.05. The molecule has 1 aromatic heterocycles. The van der Waals surface area contributed by atoms with Crippen LogP contribution >= 0.6 is 0 Å². The molecule has 8 nitrogen and oxygen atoms in total. The van der Waals surface area contributed by atoms with Gasteiger partial charge in [0.25, 0.3) is 0 Å². The minimum absolute atomic E-state index is 0.0706. The minimum Gasteiger partial charge on any atom is -0.493 e. The van der Waals surface area contributed by atoms with Gasteiger partial charge in [-0.15, -0.1) is 0 Å². The van der Waals surface area contributed by atoms with Crippen LogP contribution in [-0.2, 0) is 22.6 Å². The Hall–Kier alpha value is -3.39. The number of aromatic nitrogens is 2. The molecule has 8 heteroatoms. The lowest BCUT2D eigenvalue weighted by atomic mass is 9.95. The maximum Gasteiger partial charge on any atom is 0.234 e. The molecule has 2 aromatic carbocycles. The molecule has 2 amide bonds. The van der Waals surface area contributed by atoms with Gasteiger partial charge >= 0.3 is 0 Å². The Morgan fingerprint density at radius 3 is 2.70 bits per heavy atom. The second-order valence-corrected chi connectivity index (χ2v) is 11.5. The van der Waals surface area contributed by atoms with Crippen molar-refractivity contribution in [1.29, 1.82) is 0 Å². The van der Waals surface area contributed by atoms with Gasteiger partial charge in [0.1, 0.15) is 11.6 Å². The van der Waals surface area contributed by atoms with Crippen LogP contribution in [0.25, 0.3) is 11.0 Å². The summed E-state index contributed by atoms with van der Waals surface area (Å²) < 4.78 is 6.18. The molecule has 2 aliphatic rings. The molecule has 3 aromatic rings. The molecular formula is C32H43N5O3. The molecular weight excluding hydrogens is 502 g/mol. The van der Waals surface area contributed by atoms with Gasteiger partial charge in [0.15, 0.2) is 0 Å². The number of piperidine rings is 1. The number of para-hydroxylation sites is 2. The first-order valence-electron chi connectivity index (χ1n) is 14.9. The van der Waals surface area contributed by atoms with Crippen LogP contribution < -0.4 is 10.1 Å². The van der Waals surface area contributed by atoms with Crippen molar-refractivity contribution in [3.05, 3.63) is 59.4 Å². The van der Waals surface area contributed by atoms with E-state index in [1.54, 1.807) is 0 Å². The van der Waals surface area contributed by atoms with Crippen molar-refractivity contribution < 1.29 is 14.3 Å². The topological polar surface area (TPSA) is 90.6 Å². The summed E-state index contributed by atoms with van der Waals surface area (Å²) >= 11 is 0. The first-order chi connectivity index (χ1) is 19.5. The fraction of sp³-hybridized carbons (Fsp3) is 0.531. The Kier molecular flexibility index (Phi) is 9.37. The molecule has 0 spiro atoms. The summed E-state index contributed by atoms with van der Waals surface area (Å²) in [7, 11) is 0. The van der Waals surface area contributed by atoms with Gasteiger partial charge in [0.05, 0.1) is 24.2 Å². The van der Waals surface area contributed by atoms with Crippen LogP contribution in [0.5, 0.6) is 5.75 Å². The van der Waals surface area contributed by atoms with Crippen LogP contribution in [0.1, 0.15) is 75.2 Å². The fourth-order valence-corrected chi connectivity index (χ4v) is 5.72. The van der Waals surface area contributed by atoms with E-state index in [4.69, 9.17) is 9.72 Å². The molecule has 2 N–H and O–H groups in total. The molecule has 5 rings (SSSR count). The van der Waals surface area contributed by atoms with Gasteiger partial charge in [-0.05, 0) is 76.1 Å². The zero-order valence-electron chi connectivity index (χ0n) is 24.0. The van der Waals surface area contributed by atoms with E-state index >= 15 is 0 Å². The van der Waals surface area contributed by atoms with E-state index in [9.17, 15) is 9.59 Å². The highest BCUT2D eigenvalue weighted by atomic mass is 16.5. The van der Waals surface area contributed by atoms with E-state index < -0.39 is 0 Å². The van der Waals surface area contributed by atoms with Crippen LogP contribution in [-0.4, -0.2) is 70.4 Å². The van der Waals surface area contributed by atoms with E-state index in [0.717, 1.165) is 78.9 Å². The molecule has 1 fully saturated rings. The summed E-state index contributed by atoms with van der Waals surface area (Å²) in [6.07, 6.45) is 6.00. The van der Waals surface area contributed by atoms with E-state index in [-0.39, 0.29) is 17.9 Å². The number of imidazole rings is 1. The van der Waals surface area contributed by atoms with Crippen molar-refractivity contribution >= 4 is 22.8 Å². The highest BCUT2D eigenvalue weighted by Gasteiger charge is 2.26. The number of nitrogens with zero attached hydrogens (tertiary/aromatic N) is 3. The second-order valence-electron chi connectivity index (χ2n) is 11.5. The Bertz CT molecular complexity index is 1260. The lowest BCUT2D eigenvalue weighted by Crippen LogP contribution is -2.40. The Balaban J connectivity index is 1.19. The average Bonchev–Trinajstić information content (AvgIpc) is 3.40. The van der Waals surface area contributed by atoms with Crippen molar-refractivity contribution in [2.75, 3.05) is 32.8 Å². The molecule has 0 atom stereocenters. The van der Waals surface area contributed by atoms with Crippen molar-refractivity contribution in [3.63, 3.8) is 0 Å². The van der Waals surface area contributed by atoms with E-state index in [1.165, 1.54) is 0 Å². The number of benzene rings is 2. The SMILES string of the molecule is CC(C)N1CC(=O)NCCCCCOc2ccc(CCC(=O)N3CCC(c4nc5ccccc5[nH]4)CC3)cc2C1. The summed E-state index contributed by atoms with van der Waals surface area (Å²) in [5.41, 5.74) is 4.29. The van der Waals surface area contributed by atoms with Gasteiger partial charge in [-0.1, -0.05) is 24.3 Å². The Morgan fingerprint density at radius 1 is 1.07 bits per heavy atom. The molecule has 2 aliphatic heterocycles. The summed E-state index contributed by atoms with van der Waals surface area (Å²) in [6, 6.07) is 14.7. The van der Waals surface area contributed by atoms with Crippen molar-refractivity contribution in [2.24, 2.45) is 0 Å². The number of nitrogens with one attached hydrogen (secondary N) is 2. The van der Waals surface area contributed by atoms with Gasteiger partial charge in [-0.25, -0.2) is 4.98 Å². The molecule has 0 radical (unpaired) electrons. The Labute approximate surface area is 237 Å². The predicted octanol–water partition coefficient (Wildman–Crippen LogP) is 4.79. The molecule has 3 heterocycles. The number of hydrogen-bond acceptors (Lipinski definition) is 5. The molecule has 214 valence electrons. The number of aromatic amines is 1. The summed E-state index contributed by atoms with van der Waals surface area (Å²) in [6.45, 7) is 8.16. The molecule has 0 unspecified atom stereocenters. The molecule has 0 aliphatic carbocycles. The number of ether oxygens (including phenoxy) is 1. The summed E-state index contributed by atoms with van der Waals surface area (Å²) in [4.78, 5) is 38.1. The van der Waals surface area contributed by atoms with E-state index in [0.29, 0.717) is 45.0 Å². The van der Waals surface area contributed by atoms with E-state index in [2.05, 4.69) is 47.2 Å². The smallest absolute Gasteiger partial charge is 0.234 e. The van der Waals surface area contributed by atoms with Crippen LogP contribution in [0.2, 0.25) is 0 Å².